The smallest absolute Gasteiger partial charge is 0.241 e. The minimum Gasteiger partial charge on any atom is -0.497 e. The number of methoxy groups -OCH3 is 1. The number of sulfonamides is 1. The Hall–Kier alpha value is -3.33. The van der Waals surface area contributed by atoms with Crippen LogP contribution in [0, 0.1) is 0 Å². The molecule has 0 spiro atoms. The van der Waals surface area contributed by atoms with E-state index in [1.54, 1.807) is 25.5 Å². The van der Waals surface area contributed by atoms with Crippen molar-refractivity contribution in [1.82, 2.24) is 9.62 Å². The van der Waals surface area contributed by atoms with Gasteiger partial charge in [-0.25, -0.2) is 13.1 Å². The van der Waals surface area contributed by atoms with Crippen LogP contribution >= 0.6 is 0 Å². The molecule has 1 unspecified atom stereocenters. The maximum atomic E-state index is 13.3. The minimum absolute atomic E-state index is 0.201. The molecule has 1 aliphatic rings. The quantitative estimate of drug-likeness (QED) is 0.397. The van der Waals surface area contributed by atoms with Crippen molar-refractivity contribution in [3.63, 3.8) is 0 Å². The summed E-state index contributed by atoms with van der Waals surface area (Å²) in [5.41, 5.74) is 1.15. The van der Waals surface area contributed by atoms with Crippen molar-refractivity contribution in [2.75, 3.05) is 44.7 Å². The number of nitrogens with zero attached hydrogens (tertiary/aromatic N) is 2. The van der Waals surface area contributed by atoms with Gasteiger partial charge in [-0.2, -0.15) is 0 Å². The van der Waals surface area contributed by atoms with Crippen molar-refractivity contribution < 1.29 is 17.6 Å². The first-order valence-electron chi connectivity index (χ1n) is 11.7. The van der Waals surface area contributed by atoms with Crippen LogP contribution in [0.5, 0.6) is 5.75 Å². The summed E-state index contributed by atoms with van der Waals surface area (Å²) >= 11 is 0. The number of nitrogens with one attached hydrogen (secondary N) is 1. The minimum atomic E-state index is -3.71. The van der Waals surface area contributed by atoms with Gasteiger partial charge < -0.3 is 14.1 Å². The Balaban J connectivity index is 1.31. The van der Waals surface area contributed by atoms with Gasteiger partial charge in [0.25, 0.3) is 0 Å². The fourth-order valence-electron chi connectivity index (χ4n) is 4.67. The summed E-state index contributed by atoms with van der Waals surface area (Å²) in [5.74, 6) is 1.59. The van der Waals surface area contributed by atoms with Gasteiger partial charge in [-0.3, -0.25) is 4.90 Å². The Bertz CT molecular complexity index is 1360. The third-order valence-corrected chi connectivity index (χ3v) is 8.05. The molecule has 5 rings (SSSR count). The fraction of sp³-hybridized carbons (Fsp3) is 0.259. The van der Waals surface area contributed by atoms with E-state index in [1.807, 2.05) is 54.6 Å². The number of hydrogen-bond acceptors (Lipinski definition) is 6. The molecule has 7 nitrogen and oxygen atoms in total. The van der Waals surface area contributed by atoms with E-state index in [0.29, 0.717) is 5.39 Å². The molecule has 2 heterocycles. The number of anilines is 1. The number of furan rings is 1. The van der Waals surface area contributed by atoms with Crippen molar-refractivity contribution in [1.29, 1.82) is 0 Å². The highest BCUT2D eigenvalue weighted by Crippen LogP contribution is 2.27. The highest BCUT2D eigenvalue weighted by atomic mass is 32.2. The summed E-state index contributed by atoms with van der Waals surface area (Å²) in [5, 5.41) is 1.61. The molecule has 0 amide bonds. The van der Waals surface area contributed by atoms with Crippen LogP contribution in [0.4, 0.5) is 5.69 Å². The monoisotopic (exact) mass is 491 g/mol. The number of rotatable bonds is 8. The van der Waals surface area contributed by atoms with E-state index in [1.165, 1.54) is 0 Å². The highest BCUT2D eigenvalue weighted by Gasteiger charge is 2.29. The van der Waals surface area contributed by atoms with E-state index in [9.17, 15) is 8.42 Å². The summed E-state index contributed by atoms with van der Waals surface area (Å²) in [6.07, 6.45) is 1.63. The molecule has 0 aliphatic carbocycles. The van der Waals surface area contributed by atoms with Crippen LogP contribution in [0.3, 0.4) is 0 Å². The SMILES string of the molecule is COc1ccc(N2CCN(C(CNS(=O)(=O)c3cccc4ccccc34)c3ccco3)CC2)cc1. The van der Waals surface area contributed by atoms with Gasteiger partial charge in [-0.15, -0.1) is 0 Å². The van der Waals surface area contributed by atoms with Crippen LogP contribution in [0.15, 0.2) is 94.4 Å². The lowest BCUT2D eigenvalue weighted by atomic mass is 10.1. The van der Waals surface area contributed by atoms with Crippen LogP contribution in [-0.4, -0.2) is 53.2 Å². The molecule has 35 heavy (non-hydrogen) atoms. The van der Waals surface area contributed by atoms with Gasteiger partial charge in [0, 0.05) is 43.8 Å². The van der Waals surface area contributed by atoms with Gasteiger partial charge in [-0.1, -0.05) is 36.4 Å². The van der Waals surface area contributed by atoms with E-state index < -0.39 is 10.0 Å². The van der Waals surface area contributed by atoms with Crippen LogP contribution in [0.25, 0.3) is 10.8 Å². The van der Waals surface area contributed by atoms with Crippen LogP contribution < -0.4 is 14.4 Å². The van der Waals surface area contributed by atoms with E-state index in [4.69, 9.17) is 9.15 Å². The van der Waals surface area contributed by atoms with Gasteiger partial charge in [0.05, 0.1) is 24.3 Å². The standard InChI is InChI=1S/C27H29N3O4S/c1-33-23-13-11-22(12-14-23)29-15-17-30(18-16-29)25(26-9-5-19-34-26)20-28-35(31,32)27-10-4-7-21-6-2-3-8-24(21)27/h2-14,19,25,28H,15-18,20H2,1H3. The Labute approximate surface area is 206 Å². The average Bonchev–Trinajstić information content (AvgIpc) is 3.43. The molecule has 1 fully saturated rings. The third kappa shape index (κ3) is 5.05. The second-order valence-electron chi connectivity index (χ2n) is 8.58. The Kier molecular flexibility index (Phi) is 6.77. The lowest BCUT2D eigenvalue weighted by Crippen LogP contribution is -2.49. The number of hydrogen-bond donors (Lipinski definition) is 1. The van der Waals surface area contributed by atoms with Gasteiger partial charge in [0.1, 0.15) is 11.5 Å². The fourth-order valence-corrected chi connectivity index (χ4v) is 5.94. The molecule has 182 valence electrons. The van der Waals surface area contributed by atoms with Crippen molar-refractivity contribution in [3.05, 3.63) is 90.9 Å². The van der Waals surface area contributed by atoms with E-state index in [-0.39, 0.29) is 17.5 Å². The van der Waals surface area contributed by atoms with Gasteiger partial charge in [0.15, 0.2) is 0 Å². The van der Waals surface area contributed by atoms with Crippen molar-refractivity contribution in [2.45, 2.75) is 10.9 Å². The van der Waals surface area contributed by atoms with Crippen molar-refractivity contribution in [3.8, 4) is 5.75 Å². The zero-order valence-electron chi connectivity index (χ0n) is 19.6. The molecule has 0 bridgehead atoms. The predicted molar refractivity (Wildman–Crippen MR) is 137 cm³/mol. The third-order valence-electron chi connectivity index (χ3n) is 6.57. The Morgan fingerprint density at radius 2 is 1.66 bits per heavy atom. The molecule has 0 saturated carbocycles. The first-order chi connectivity index (χ1) is 17.0. The van der Waals surface area contributed by atoms with Crippen LogP contribution in [0.1, 0.15) is 11.8 Å². The summed E-state index contributed by atoms with van der Waals surface area (Å²) in [4.78, 5) is 4.90. The van der Waals surface area contributed by atoms with E-state index in [0.717, 1.165) is 48.8 Å². The van der Waals surface area contributed by atoms with Gasteiger partial charge in [-0.05, 0) is 47.9 Å². The second-order valence-corrected chi connectivity index (χ2v) is 10.3. The lowest BCUT2D eigenvalue weighted by Gasteiger charge is -2.39. The van der Waals surface area contributed by atoms with Crippen molar-refractivity contribution >= 4 is 26.5 Å². The second kappa shape index (κ2) is 10.1. The molecule has 1 atom stereocenters. The van der Waals surface area contributed by atoms with Crippen LogP contribution in [0.2, 0.25) is 0 Å². The molecule has 4 aromatic rings. The number of fused-ring (bicyclic) bond motifs is 1. The number of ether oxygens (including phenoxy) is 1. The molecular formula is C27H29N3O4S. The predicted octanol–water partition coefficient (Wildman–Crippen LogP) is 4.28. The molecule has 8 heteroatoms. The topological polar surface area (TPSA) is 75.0 Å². The maximum absolute atomic E-state index is 13.3. The molecular weight excluding hydrogens is 462 g/mol. The Morgan fingerprint density at radius 1 is 0.914 bits per heavy atom. The summed E-state index contributed by atoms with van der Waals surface area (Å²) in [7, 11) is -2.05. The summed E-state index contributed by atoms with van der Waals surface area (Å²) < 4.78 is 40.5. The molecule has 1 N–H and O–H groups in total. The number of benzene rings is 3. The number of piperazine rings is 1. The average molecular weight is 492 g/mol. The summed E-state index contributed by atoms with van der Waals surface area (Å²) in [6, 6.07) is 24.5. The van der Waals surface area contributed by atoms with Crippen molar-refractivity contribution in [2.24, 2.45) is 0 Å². The highest BCUT2D eigenvalue weighted by molar-refractivity contribution is 7.89. The normalized spacial score (nSPS) is 15.9. The maximum Gasteiger partial charge on any atom is 0.241 e. The lowest BCUT2D eigenvalue weighted by molar-refractivity contribution is 0.166. The summed E-state index contributed by atoms with van der Waals surface area (Å²) in [6.45, 7) is 3.46. The van der Waals surface area contributed by atoms with E-state index in [2.05, 4.69) is 26.7 Å². The molecule has 3 aromatic carbocycles. The largest absolute Gasteiger partial charge is 0.497 e. The molecule has 0 radical (unpaired) electrons. The first kappa shape index (κ1) is 23.4. The molecule has 1 saturated heterocycles. The zero-order chi connectivity index (χ0) is 24.3. The van der Waals surface area contributed by atoms with Crippen LogP contribution in [-0.2, 0) is 10.0 Å². The first-order valence-corrected chi connectivity index (χ1v) is 13.2. The van der Waals surface area contributed by atoms with Gasteiger partial charge in [0.2, 0.25) is 10.0 Å². The zero-order valence-corrected chi connectivity index (χ0v) is 20.4. The molecule has 1 aliphatic heterocycles. The van der Waals surface area contributed by atoms with E-state index >= 15 is 0 Å². The van der Waals surface area contributed by atoms with Gasteiger partial charge >= 0.3 is 0 Å². The molecule has 1 aromatic heterocycles. The Morgan fingerprint density at radius 3 is 2.37 bits per heavy atom.